The van der Waals surface area contributed by atoms with E-state index in [1.807, 2.05) is 74.4 Å². The van der Waals surface area contributed by atoms with Crippen LogP contribution in [0.2, 0.25) is 0 Å². The third kappa shape index (κ3) is 4.00. The largest absolute Gasteiger partial charge is 0.378 e. The molecule has 3 aromatic rings. The van der Waals surface area contributed by atoms with E-state index in [1.54, 1.807) is 0 Å². The van der Waals surface area contributed by atoms with Crippen LogP contribution in [0.5, 0.6) is 0 Å². The fourth-order valence-electron chi connectivity index (χ4n) is 2.41. The highest BCUT2D eigenvalue weighted by atomic mass is 16.2. The Balaban J connectivity index is 1.65. The molecular formula is C18H20N6O. The number of hydrogen-bond acceptors (Lipinski definition) is 5. The quantitative estimate of drug-likeness (QED) is 0.774. The first kappa shape index (κ1) is 16.6. The fraction of sp³-hybridized carbons (Fsp3) is 0.222. The van der Waals surface area contributed by atoms with Crippen molar-refractivity contribution < 1.29 is 4.79 Å². The Morgan fingerprint density at radius 2 is 1.84 bits per heavy atom. The lowest BCUT2D eigenvalue weighted by atomic mass is 10.1. The minimum atomic E-state index is -0.202. The second-order valence-electron chi connectivity index (χ2n) is 5.95. The van der Waals surface area contributed by atoms with E-state index in [4.69, 9.17) is 0 Å². The molecule has 0 aliphatic carbocycles. The maximum atomic E-state index is 12.2. The van der Waals surface area contributed by atoms with E-state index in [1.165, 1.54) is 4.80 Å². The molecule has 1 aromatic heterocycles. The van der Waals surface area contributed by atoms with E-state index < -0.39 is 0 Å². The number of rotatable bonds is 5. The van der Waals surface area contributed by atoms with Crippen molar-refractivity contribution in [3.05, 3.63) is 54.1 Å². The molecule has 0 saturated heterocycles. The van der Waals surface area contributed by atoms with Gasteiger partial charge in [-0.2, -0.15) is 4.80 Å². The standard InChI is InChI=1S/C18H20N6O/c1-13-6-4-5-7-16(13)18-20-22-24(21-18)12-17(25)19-14-8-10-15(11-9-14)23(2)3/h4-11H,12H2,1-3H3,(H,19,25). The number of tetrazole rings is 1. The summed E-state index contributed by atoms with van der Waals surface area (Å²) in [5.41, 5.74) is 3.77. The molecule has 0 spiro atoms. The van der Waals surface area contributed by atoms with Crippen LogP contribution in [0.15, 0.2) is 48.5 Å². The van der Waals surface area contributed by atoms with Crippen molar-refractivity contribution in [2.24, 2.45) is 0 Å². The molecule has 0 bridgehead atoms. The summed E-state index contributed by atoms with van der Waals surface area (Å²) in [5, 5.41) is 15.1. The number of nitrogens with zero attached hydrogens (tertiary/aromatic N) is 5. The molecule has 7 nitrogen and oxygen atoms in total. The van der Waals surface area contributed by atoms with Crippen LogP contribution in [-0.2, 0) is 11.3 Å². The molecule has 1 heterocycles. The first-order valence-electron chi connectivity index (χ1n) is 7.94. The molecule has 3 rings (SSSR count). The van der Waals surface area contributed by atoms with Crippen LogP contribution >= 0.6 is 0 Å². The molecule has 7 heteroatoms. The summed E-state index contributed by atoms with van der Waals surface area (Å²) in [7, 11) is 3.94. The lowest BCUT2D eigenvalue weighted by molar-refractivity contribution is -0.117. The number of benzene rings is 2. The fourth-order valence-corrected chi connectivity index (χ4v) is 2.41. The molecule has 25 heavy (non-hydrogen) atoms. The van der Waals surface area contributed by atoms with Crippen LogP contribution in [0.3, 0.4) is 0 Å². The third-order valence-electron chi connectivity index (χ3n) is 3.79. The van der Waals surface area contributed by atoms with Gasteiger partial charge in [0.05, 0.1) is 0 Å². The zero-order chi connectivity index (χ0) is 17.8. The van der Waals surface area contributed by atoms with E-state index >= 15 is 0 Å². The highest BCUT2D eigenvalue weighted by Crippen LogP contribution is 2.18. The molecule has 0 saturated carbocycles. The average Bonchev–Trinajstić information content (AvgIpc) is 3.03. The van der Waals surface area contributed by atoms with Gasteiger partial charge in [0.15, 0.2) is 0 Å². The third-order valence-corrected chi connectivity index (χ3v) is 3.79. The first-order valence-corrected chi connectivity index (χ1v) is 7.94. The van der Waals surface area contributed by atoms with Gasteiger partial charge in [-0.05, 0) is 42.0 Å². The van der Waals surface area contributed by atoms with Crippen molar-refractivity contribution >= 4 is 17.3 Å². The summed E-state index contributed by atoms with van der Waals surface area (Å²) in [6, 6.07) is 15.4. The van der Waals surface area contributed by atoms with Crippen LogP contribution in [-0.4, -0.2) is 40.2 Å². The number of hydrogen-bond donors (Lipinski definition) is 1. The molecule has 0 unspecified atom stereocenters. The van der Waals surface area contributed by atoms with Crippen LogP contribution in [0, 0.1) is 6.92 Å². The molecule has 0 aliphatic heterocycles. The number of aryl methyl sites for hydroxylation is 1. The van der Waals surface area contributed by atoms with Crippen LogP contribution < -0.4 is 10.2 Å². The summed E-state index contributed by atoms with van der Waals surface area (Å²) >= 11 is 0. The maximum Gasteiger partial charge on any atom is 0.248 e. The Bertz CT molecular complexity index is 869. The topological polar surface area (TPSA) is 75.9 Å². The van der Waals surface area contributed by atoms with Crippen molar-refractivity contribution in [3.63, 3.8) is 0 Å². The molecule has 0 radical (unpaired) electrons. The SMILES string of the molecule is Cc1ccccc1-c1nnn(CC(=O)Nc2ccc(N(C)C)cc2)n1. The summed E-state index contributed by atoms with van der Waals surface area (Å²) < 4.78 is 0. The lowest BCUT2D eigenvalue weighted by Gasteiger charge is -2.12. The summed E-state index contributed by atoms with van der Waals surface area (Å²) in [4.78, 5) is 15.5. The first-order chi connectivity index (χ1) is 12.0. The Kier molecular flexibility index (Phi) is 4.74. The predicted octanol–water partition coefficient (Wildman–Crippen LogP) is 2.35. The molecule has 0 aliphatic rings. The minimum Gasteiger partial charge on any atom is -0.378 e. The number of anilines is 2. The average molecular weight is 336 g/mol. The van der Waals surface area contributed by atoms with Gasteiger partial charge < -0.3 is 10.2 Å². The van der Waals surface area contributed by atoms with Crippen molar-refractivity contribution in [1.29, 1.82) is 0 Å². The van der Waals surface area contributed by atoms with Gasteiger partial charge in [-0.3, -0.25) is 4.79 Å². The summed E-state index contributed by atoms with van der Waals surface area (Å²) in [6.45, 7) is 1.99. The van der Waals surface area contributed by atoms with Crippen molar-refractivity contribution in [2.75, 3.05) is 24.3 Å². The molecule has 0 atom stereocenters. The van der Waals surface area contributed by atoms with Gasteiger partial charge in [-0.1, -0.05) is 24.3 Å². The van der Waals surface area contributed by atoms with E-state index in [-0.39, 0.29) is 12.5 Å². The van der Waals surface area contributed by atoms with Gasteiger partial charge in [0.1, 0.15) is 6.54 Å². The number of nitrogens with one attached hydrogen (secondary N) is 1. The van der Waals surface area contributed by atoms with Crippen molar-refractivity contribution in [2.45, 2.75) is 13.5 Å². The molecule has 1 N–H and O–H groups in total. The van der Waals surface area contributed by atoms with Gasteiger partial charge >= 0.3 is 0 Å². The van der Waals surface area contributed by atoms with Crippen molar-refractivity contribution in [3.8, 4) is 11.4 Å². The smallest absolute Gasteiger partial charge is 0.248 e. The highest BCUT2D eigenvalue weighted by Gasteiger charge is 2.11. The Labute approximate surface area is 146 Å². The van der Waals surface area contributed by atoms with Gasteiger partial charge in [0, 0.05) is 31.0 Å². The van der Waals surface area contributed by atoms with Crippen molar-refractivity contribution in [1.82, 2.24) is 20.2 Å². The normalized spacial score (nSPS) is 10.5. The van der Waals surface area contributed by atoms with E-state index in [0.29, 0.717) is 5.82 Å². The lowest BCUT2D eigenvalue weighted by Crippen LogP contribution is -2.20. The number of carbonyl (C=O) groups is 1. The molecule has 0 fully saturated rings. The number of carbonyl (C=O) groups excluding carboxylic acids is 1. The minimum absolute atomic E-state index is 0.00825. The maximum absolute atomic E-state index is 12.2. The van der Waals surface area contributed by atoms with Gasteiger partial charge in [-0.15, -0.1) is 10.2 Å². The Hall–Kier alpha value is -3.22. The van der Waals surface area contributed by atoms with Crippen LogP contribution in [0.1, 0.15) is 5.56 Å². The Morgan fingerprint density at radius 3 is 2.52 bits per heavy atom. The molecule has 1 amide bonds. The van der Waals surface area contributed by atoms with Crippen LogP contribution in [0.4, 0.5) is 11.4 Å². The van der Waals surface area contributed by atoms with Gasteiger partial charge in [-0.25, -0.2) is 0 Å². The molecule has 2 aromatic carbocycles. The highest BCUT2D eigenvalue weighted by molar-refractivity contribution is 5.90. The van der Waals surface area contributed by atoms with E-state index in [0.717, 1.165) is 22.5 Å². The predicted molar refractivity (Wildman–Crippen MR) is 97.4 cm³/mol. The zero-order valence-electron chi connectivity index (χ0n) is 14.5. The Morgan fingerprint density at radius 1 is 1.12 bits per heavy atom. The van der Waals surface area contributed by atoms with Gasteiger partial charge in [0.25, 0.3) is 0 Å². The zero-order valence-corrected chi connectivity index (χ0v) is 14.5. The number of amides is 1. The molecule has 128 valence electrons. The monoisotopic (exact) mass is 336 g/mol. The van der Waals surface area contributed by atoms with E-state index in [2.05, 4.69) is 20.7 Å². The van der Waals surface area contributed by atoms with Gasteiger partial charge in [0.2, 0.25) is 11.7 Å². The summed E-state index contributed by atoms with van der Waals surface area (Å²) in [6.07, 6.45) is 0. The van der Waals surface area contributed by atoms with E-state index in [9.17, 15) is 4.79 Å². The second-order valence-corrected chi connectivity index (χ2v) is 5.95. The summed E-state index contributed by atoms with van der Waals surface area (Å²) in [5.74, 6) is 0.313. The molecular weight excluding hydrogens is 316 g/mol. The second kappa shape index (κ2) is 7.12. The number of aromatic nitrogens is 4. The van der Waals surface area contributed by atoms with Crippen LogP contribution in [0.25, 0.3) is 11.4 Å².